The zero-order chi connectivity index (χ0) is 18.5. The van der Waals surface area contributed by atoms with Gasteiger partial charge in [0.15, 0.2) is 11.8 Å². The third kappa shape index (κ3) is 4.22. The van der Waals surface area contributed by atoms with Crippen molar-refractivity contribution in [3.8, 4) is 0 Å². The highest BCUT2D eigenvalue weighted by Gasteiger charge is 2.31. The molecule has 1 aromatic heterocycles. The van der Waals surface area contributed by atoms with Crippen LogP contribution in [0.3, 0.4) is 0 Å². The van der Waals surface area contributed by atoms with E-state index in [1.165, 1.54) is 16.8 Å². The summed E-state index contributed by atoms with van der Waals surface area (Å²) in [5.41, 5.74) is -0.0486. The van der Waals surface area contributed by atoms with Crippen molar-refractivity contribution >= 4 is 23.3 Å². The molecule has 0 radical (unpaired) electrons. The first kappa shape index (κ1) is 18.4. The van der Waals surface area contributed by atoms with Crippen molar-refractivity contribution in [1.82, 2.24) is 9.88 Å². The third-order valence-electron chi connectivity index (χ3n) is 4.71. The number of Topliss-reactive ketones (excluding diaryl/α,β-unsaturated/α-hetero) is 1. The Morgan fingerprint density at radius 1 is 1.04 bits per heavy atom. The molecule has 1 fully saturated rings. The van der Waals surface area contributed by atoms with Gasteiger partial charge in [0, 0.05) is 28.9 Å². The standard InChI is InChI=1S/C20H21ClN2O3/c21-15-11-9-14(10-12-15)19(25)18(23-13-5-4-8-17(23)24)20(26)22-16-6-2-1-3-7-16/h4-5,8-13,16,18H,1-3,6-7H2,(H,22,26). The molecule has 1 unspecified atom stereocenters. The van der Waals surface area contributed by atoms with E-state index < -0.39 is 23.3 Å². The number of ketones is 1. The van der Waals surface area contributed by atoms with Crippen LogP contribution in [0.15, 0.2) is 53.5 Å². The number of pyridine rings is 1. The normalized spacial score (nSPS) is 16.0. The first-order valence-electron chi connectivity index (χ1n) is 8.83. The van der Waals surface area contributed by atoms with Crippen LogP contribution in [-0.2, 0) is 4.79 Å². The van der Waals surface area contributed by atoms with Crippen LogP contribution in [0.4, 0.5) is 0 Å². The maximum atomic E-state index is 13.0. The van der Waals surface area contributed by atoms with Gasteiger partial charge in [-0.25, -0.2) is 0 Å². The van der Waals surface area contributed by atoms with Gasteiger partial charge in [-0.15, -0.1) is 0 Å². The monoisotopic (exact) mass is 372 g/mol. The molecule has 1 aliphatic rings. The molecule has 2 aromatic rings. The van der Waals surface area contributed by atoms with Crippen molar-refractivity contribution in [3.05, 3.63) is 69.6 Å². The Morgan fingerprint density at radius 3 is 2.38 bits per heavy atom. The van der Waals surface area contributed by atoms with Crippen molar-refractivity contribution in [3.63, 3.8) is 0 Å². The molecule has 1 aromatic carbocycles. The number of amides is 1. The number of aromatic nitrogens is 1. The van der Waals surface area contributed by atoms with E-state index in [2.05, 4.69) is 5.32 Å². The quantitative estimate of drug-likeness (QED) is 0.646. The van der Waals surface area contributed by atoms with E-state index in [0.717, 1.165) is 32.1 Å². The maximum Gasteiger partial charge on any atom is 0.251 e. The second-order valence-electron chi connectivity index (χ2n) is 6.56. The highest BCUT2D eigenvalue weighted by Crippen LogP contribution is 2.20. The third-order valence-corrected chi connectivity index (χ3v) is 4.96. The second kappa shape index (κ2) is 8.32. The average molecular weight is 373 g/mol. The van der Waals surface area contributed by atoms with Crippen LogP contribution in [0.25, 0.3) is 0 Å². The number of nitrogens with one attached hydrogen (secondary N) is 1. The molecule has 3 rings (SSSR count). The van der Waals surface area contributed by atoms with Gasteiger partial charge >= 0.3 is 0 Å². The summed E-state index contributed by atoms with van der Waals surface area (Å²) in [7, 11) is 0. The van der Waals surface area contributed by atoms with Crippen LogP contribution in [-0.4, -0.2) is 22.3 Å². The first-order valence-corrected chi connectivity index (χ1v) is 9.21. The molecule has 1 aliphatic carbocycles. The van der Waals surface area contributed by atoms with Gasteiger partial charge in [-0.1, -0.05) is 36.9 Å². The zero-order valence-electron chi connectivity index (χ0n) is 14.4. The van der Waals surface area contributed by atoms with Gasteiger partial charge in [0.25, 0.3) is 11.5 Å². The van der Waals surface area contributed by atoms with Gasteiger partial charge in [0.2, 0.25) is 0 Å². The predicted octanol–water partition coefficient (Wildman–Crippen LogP) is 3.37. The molecule has 1 heterocycles. The molecule has 1 saturated carbocycles. The lowest BCUT2D eigenvalue weighted by molar-refractivity contribution is -0.124. The van der Waals surface area contributed by atoms with E-state index in [1.54, 1.807) is 36.4 Å². The summed E-state index contributed by atoms with van der Waals surface area (Å²) in [4.78, 5) is 38.2. The SMILES string of the molecule is O=C(NC1CCCCC1)C(C(=O)c1ccc(Cl)cc1)n1ccccc1=O. The van der Waals surface area contributed by atoms with Crippen molar-refractivity contribution in [2.75, 3.05) is 0 Å². The minimum Gasteiger partial charge on any atom is -0.351 e. The summed E-state index contributed by atoms with van der Waals surface area (Å²) in [6, 6.07) is 9.72. The second-order valence-corrected chi connectivity index (χ2v) is 7.00. The van der Waals surface area contributed by atoms with E-state index in [1.807, 2.05) is 0 Å². The molecular weight excluding hydrogens is 352 g/mol. The highest BCUT2D eigenvalue weighted by atomic mass is 35.5. The Morgan fingerprint density at radius 2 is 1.73 bits per heavy atom. The molecule has 0 saturated heterocycles. The molecule has 0 spiro atoms. The Kier molecular flexibility index (Phi) is 5.89. The zero-order valence-corrected chi connectivity index (χ0v) is 15.1. The fourth-order valence-corrected chi connectivity index (χ4v) is 3.45. The molecule has 0 aliphatic heterocycles. The van der Waals surface area contributed by atoms with Crippen LogP contribution in [0.5, 0.6) is 0 Å². The van der Waals surface area contributed by atoms with Crippen LogP contribution >= 0.6 is 11.6 Å². The molecular formula is C20H21ClN2O3. The Balaban J connectivity index is 1.92. The van der Waals surface area contributed by atoms with E-state index >= 15 is 0 Å². The van der Waals surface area contributed by atoms with Crippen LogP contribution in [0.1, 0.15) is 48.5 Å². The summed E-state index contributed by atoms with van der Waals surface area (Å²) < 4.78 is 1.19. The van der Waals surface area contributed by atoms with E-state index in [4.69, 9.17) is 11.6 Å². The molecule has 6 heteroatoms. The van der Waals surface area contributed by atoms with Crippen LogP contribution in [0.2, 0.25) is 5.02 Å². The van der Waals surface area contributed by atoms with Gasteiger partial charge in [-0.05, 0) is 43.2 Å². The summed E-state index contributed by atoms with van der Waals surface area (Å²) in [6.45, 7) is 0. The number of hydrogen-bond donors (Lipinski definition) is 1. The molecule has 1 N–H and O–H groups in total. The van der Waals surface area contributed by atoms with Gasteiger partial charge < -0.3 is 5.32 Å². The van der Waals surface area contributed by atoms with Crippen LogP contribution < -0.4 is 10.9 Å². The largest absolute Gasteiger partial charge is 0.351 e. The summed E-state index contributed by atoms with van der Waals surface area (Å²) in [5, 5.41) is 3.46. The van der Waals surface area contributed by atoms with Gasteiger partial charge in [0.1, 0.15) is 0 Å². The van der Waals surface area contributed by atoms with Crippen molar-refractivity contribution in [1.29, 1.82) is 0 Å². The van der Waals surface area contributed by atoms with Crippen LogP contribution in [0, 0.1) is 0 Å². The Hall–Kier alpha value is -2.40. The fraction of sp³-hybridized carbons (Fsp3) is 0.350. The van der Waals surface area contributed by atoms with E-state index in [0.29, 0.717) is 10.6 Å². The summed E-state index contributed by atoms with van der Waals surface area (Å²) >= 11 is 5.88. The van der Waals surface area contributed by atoms with Gasteiger partial charge in [-0.3, -0.25) is 19.0 Å². The topological polar surface area (TPSA) is 68.2 Å². The minimum absolute atomic E-state index is 0.0520. The molecule has 26 heavy (non-hydrogen) atoms. The lowest BCUT2D eigenvalue weighted by atomic mass is 9.94. The Labute approximate surface area is 157 Å². The number of hydrogen-bond acceptors (Lipinski definition) is 3. The lowest BCUT2D eigenvalue weighted by Crippen LogP contribution is -2.45. The van der Waals surface area contributed by atoms with E-state index in [-0.39, 0.29) is 6.04 Å². The van der Waals surface area contributed by atoms with Crippen molar-refractivity contribution in [2.45, 2.75) is 44.2 Å². The number of nitrogens with zero attached hydrogens (tertiary/aromatic N) is 1. The number of rotatable bonds is 5. The minimum atomic E-state index is -1.23. The summed E-state index contributed by atoms with van der Waals surface area (Å²) in [6.07, 6.45) is 6.56. The molecule has 5 nitrogen and oxygen atoms in total. The number of benzene rings is 1. The van der Waals surface area contributed by atoms with Crippen molar-refractivity contribution in [2.24, 2.45) is 0 Å². The lowest BCUT2D eigenvalue weighted by Gasteiger charge is -2.26. The van der Waals surface area contributed by atoms with E-state index in [9.17, 15) is 14.4 Å². The first-order chi connectivity index (χ1) is 12.6. The molecule has 1 atom stereocenters. The highest BCUT2D eigenvalue weighted by molar-refractivity contribution is 6.30. The molecule has 0 bridgehead atoms. The van der Waals surface area contributed by atoms with Crippen molar-refractivity contribution < 1.29 is 9.59 Å². The van der Waals surface area contributed by atoms with Gasteiger partial charge in [-0.2, -0.15) is 0 Å². The number of halogens is 1. The fourth-order valence-electron chi connectivity index (χ4n) is 3.32. The molecule has 136 valence electrons. The summed E-state index contributed by atoms with van der Waals surface area (Å²) in [5.74, 6) is -0.867. The number of carbonyl (C=O) groups excluding carboxylic acids is 2. The Bertz CT molecular complexity index is 839. The predicted molar refractivity (Wildman–Crippen MR) is 101 cm³/mol. The average Bonchev–Trinajstić information content (AvgIpc) is 2.65. The van der Waals surface area contributed by atoms with Gasteiger partial charge in [0.05, 0.1) is 0 Å². The molecule has 1 amide bonds. The maximum absolute atomic E-state index is 13.0. The smallest absolute Gasteiger partial charge is 0.251 e. The number of carbonyl (C=O) groups is 2.